The third kappa shape index (κ3) is 4.23. The minimum absolute atomic E-state index is 0.0816. The highest BCUT2D eigenvalue weighted by molar-refractivity contribution is 5.79. The van der Waals surface area contributed by atoms with Gasteiger partial charge in [-0.2, -0.15) is 13.2 Å². The predicted octanol–water partition coefficient (Wildman–Crippen LogP) is -0.581. The van der Waals surface area contributed by atoms with Crippen LogP contribution in [0.1, 0.15) is 11.1 Å². The lowest BCUT2D eigenvalue weighted by molar-refractivity contribution is -0.138. The van der Waals surface area contributed by atoms with Crippen LogP contribution in [-0.2, 0) is 17.4 Å². The van der Waals surface area contributed by atoms with Crippen LogP contribution in [-0.4, -0.2) is 58.7 Å². The van der Waals surface area contributed by atoms with E-state index in [4.69, 9.17) is 5.11 Å². The number of aliphatic hydroxyl groups excluding tert-OH is 3. The highest BCUT2D eigenvalue weighted by Crippen LogP contribution is 2.32. The van der Waals surface area contributed by atoms with Crippen molar-refractivity contribution in [2.45, 2.75) is 36.9 Å². The number of rotatable bonds is 5. The van der Waals surface area contributed by atoms with Crippen LogP contribution in [0.15, 0.2) is 24.3 Å². The topological polar surface area (TPSA) is 102 Å². The Balaban J connectivity index is 1.93. The molecule has 0 saturated carbocycles. The summed E-state index contributed by atoms with van der Waals surface area (Å²) < 4.78 is 38.6. The number of hydrogen-bond acceptors (Lipinski definition) is 5. The molecule has 1 saturated heterocycles. The average molecular weight is 348 g/mol. The van der Waals surface area contributed by atoms with E-state index in [1.54, 1.807) is 0 Å². The summed E-state index contributed by atoms with van der Waals surface area (Å²) in [4.78, 5) is 11.9. The van der Waals surface area contributed by atoms with E-state index in [0.717, 1.165) is 6.07 Å². The normalized spacial score (nSPS) is 27.2. The number of carbonyl (C=O) groups excluding carboxylic acids is 1. The van der Waals surface area contributed by atoms with Crippen molar-refractivity contribution in [2.75, 3.05) is 13.2 Å². The number of nitrogens with one attached hydrogen (secondary N) is 2. The lowest BCUT2D eigenvalue weighted by atomic mass is 10.0. The Kier molecular flexibility index (Phi) is 5.81. The molecule has 4 atom stereocenters. The number of halogens is 3. The molecular formula is C15H19F3N2O4. The van der Waals surface area contributed by atoms with Gasteiger partial charge in [0.05, 0.1) is 42.9 Å². The molecule has 0 aromatic heterocycles. The van der Waals surface area contributed by atoms with Gasteiger partial charge in [0.25, 0.3) is 0 Å². The quantitative estimate of drug-likeness (QED) is 0.490. The maximum absolute atomic E-state index is 12.9. The van der Waals surface area contributed by atoms with E-state index >= 15 is 0 Å². The molecule has 1 aromatic rings. The summed E-state index contributed by atoms with van der Waals surface area (Å²) in [6, 6.07) is 3.40. The molecule has 6 nitrogen and oxygen atoms in total. The zero-order valence-electron chi connectivity index (χ0n) is 12.6. The van der Waals surface area contributed by atoms with Crippen molar-refractivity contribution in [3.63, 3.8) is 0 Å². The number of alkyl halides is 3. The maximum atomic E-state index is 12.9. The Hall–Kier alpha value is -1.68. The van der Waals surface area contributed by atoms with Gasteiger partial charge >= 0.3 is 6.18 Å². The van der Waals surface area contributed by atoms with Crippen molar-refractivity contribution < 1.29 is 33.3 Å². The Morgan fingerprint density at radius 3 is 2.38 bits per heavy atom. The molecule has 0 bridgehead atoms. The molecule has 5 N–H and O–H groups in total. The molecule has 0 radical (unpaired) electrons. The predicted molar refractivity (Wildman–Crippen MR) is 78.0 cm³/mol. The van der Waals surface area contributed by atoms with E-state index < -0.39 is 48.4 Å². The average Bonchev–Trinajstić information content (AvgIpc) is 2.80. The largest absolute Gasteiger partial charge is 0.416 e. The molecule has 24 heavy (non-hydrogen) atoms. The molecule has 0 unspecified atom stereocenters. The first kappa shape index (κ1) is 18.7. The highest BCUT2D eigenvalue weighted by atomic mass is 19.4. The zero-order chi connectivity index (χ0) is 17.9. The van der Waals surface area contributed by atoms with Crippen LogP contribution < -0.4 is 10.6 Å². The standard InChI is InChI=1S/C15H19F3N2O4/c16-15(17,18)9-4-2-1-3-8(9)5-12(22)19-6-10-13(23)14(24)11(7-21)20-10/h1-4,10-11,13-14,20-21,23-24H,5-7H2,(H,19,22)/t10-,11-,13-,14+/m1/s1. The first-order valence-corrected chi connectivity index (χ1v) is 7.39. The summed E-state index contributed by atoms with van der Waals surface area (Å²) in [6.07, 6.45) is -7.36. The molecule has 0 spiro atoms. The number of aliphatic hydroxyl groups is 3. The first-order chi connectivity index (χ1) is 11.2. The van der Waals surface area contributed by atoms with Crippen molar-refractivity contribution in [3.8, 4) is 0 Å². The van der Waals surface area contributed by atoms with Gasteiger partial charge in [-0.15, -0.1) is 0 Å². The molecule has 2 rings (SSSR count). The summed E-state index contributed by atoms with van der Waals surface area (Å²) in [5, 5.41) is 33.6. The fourth-order valence-corrected chi connectivity index (χ4v) is 2.70. The third-order valence-corrected chi connectivity index (χ3v) is 3.99. The smallest absolute Gasteiger partial charge is 0.395 e. The van der Waals surface area contributed by atoms with E-state index in [2.05, 4.69) is 10.6 Å². The van der Waals surface area contributed by atoms with E-state index in [0.29, 0.717) is 0 Å². The Labute approximate surface area is 136 Å². The number of carbonyl (C=O) groups is 1. The second kappa shape index (κ2) is 7.47. The Bertz CT molecular complexity index is 582. The highest BCUT2D eigenvalue weighted by Gasteiger charge is 2.40. The minimum Gasteiger partial charge on any atom is -0.395 e. The van der Waals surface area contributed by atoms with Gasteiger partial charge in [0.15, 0.2) is 0 Å². The van der Waals surface area contributed by atoms with E-state index in [-0.39, 0.29) is 18.7 Å². The van der Waals surface area contributed by atoms with Crippen LogP contribution in [0.3, 0.4) is 0 Å². The fourth-order valence-electron chi connectivity index (χ4n) is 2.70. The molecule has 134 valence electrons. The van der Waals surface area contributed by atoms with Gasteiger partial charge in [-0.25, -0.2) is 0 Å². The number of benzene rings is 1. The molecule has 1 aliphatic heterocycles. The van der Waals surface area contributed by atoms with Crippen molar-refractivity contribution in [1.29, 1.82) is 0 Å². The molecule has 1 aromatic carbocycles. The Morgan fingerprint density at radius 1 is 1.17 bits per heavy atom. The number of hydrogen-bond donors (Lipinski definition) is 5. The molecule has 1 aliphatic rings. The fraction of sp³-hybridized carbons (Fsp3) is 0.533. The van der Waals surface area contributed by atoms with Crippen molar-refractivity contribution in [2.24, 2.45) is 0 Å². The summed E-state index contributed by atoms with van der Waals surface area (Å²) in [6.45, 7) is -0.469. The lowest BCUT2D eigenvalue weighted by Crippen LogP contribution is -2.44. The van der Waals surface area contributed by atoms with Gasteiger partial charge in [-0.1, -0.05) is 18.2 Å². The van der Waals surface area contributed by atoms with Crippen LogP contribution >= 0.6 is 0 Å². The van der Waals surface area contributed by atoms with Gasteiger partial charge < -0.3 is 26.0 Å². The lowest BCUT2D eigenvalue weighted by Gasteiger charge is -2.17. The second-order valence-electron chi connectivity index (χ2n) is 5.68. The van der Waals surface area contributed by atoms with Gasteiger partial charge in [-0.3, -0.25) is 4.79 Å². The summed E-state index contributed by atoms with van der Waals surface area (Å²) >= 11 is 0. The van der Waals surface area contributed by atoms with Crippen molar-refractivity contribution in [1.82, 2.24) is 10.6 Å². The van der Waals surface area contributed by atoms with Crippen LogP contribution in [0.4, 0.5) is 13.2 Å². The molecule has 0 aliphatic carbocycles. The first-order valence-electron chi connectivity index (χ1n) is 7.39. The van der Waals surface area contributed by atoms with Gasteiger partial charge in [0.2, 0.25) is 5.91 Å². The monoisotopic (exact) mass is 348 g/mol. The summed E-state index contributed by atoms with van der Waals surface area (Å²) in [7, 11) is 0. The number of amides is 1. The minimum atomic E-state index is -4.54. The van der Waals surface area contributed by atoms with E-state index in [1.165, 1.54) is 18.2 Å². The van der Waals surface area contributed by atoms with E-state index in [1.807, 2.05) is 0 Å². The summed E-state index contributed by atoms with van der Waals surface area (Å²) in [5.74, 6) is -0.636. The molecule has 1 heterocycles. The third-order valence-electron chi connectivity index (χ3n) is 3.99. The second-order valence-corrected chi connectivity index (χ2v) is 5.68. The van der Waals surface area contributed by atoms with Crippen LogP contribution in [0.25, 0.3) is 0 Å². The molecule has 1 amide bonds. The van der Waals surface area contributed by atoms with Crippen molar-refractivity contribution >= 4 is 5.91 Å². The van der Waals surface area contributed by atoms with Gasteiger partial charge in [0, 0.05) is 6.54 Å². The maximum Gasteiger partial charge on any atom is 0.416 e. The SMILES string of the molecule is O=C(Cc1ccccc1C(F)(F)F)NC[C@H]1N[C@H](CO)[C@H](O)[C@@H]1O. The van der Waals surface area contributed by atoms with Crippen LogP contribution in [0, 0.1) is 0 Å². The van der Waals surface area contributed by atoms with Crippen LogP contribution in [0.2, 0.25) is 0 Å². The van der Waals surface area contributed by atoms with Gasteiger partial charge in [0.1, 0.15) is 0 Å². The van der Waals surface area contributed by atoms with Crippen LogP contribution in [0.5, 0.6) is 0 Å². The molecule has 9 heteroatoms. The van der Waals surface area contributed by atoms with E-state index in [9.17, 15) is 28.2 Å². The molecule has 1 fully saturated rings. The summed E-state index contributed by atoms with van der Waals surface area (Å²) in [5.41, 5.74) is -1.01. The zero-order valence-corrected chi connectivity index (χ0v) is 12.6. The Morgan fingerprint density at radius 2 is 1.79 bits per heavy atom. The molecular weight excluding hydrogens is 329 g/mol. The van der Waals surface area contributed by atoms with Gasteiger partial charge in [-0.05, 0) is 11.6 Å². The van der Waals surface area contributed by atoms with Crippen molar-refractivity contribution in [3.05, 3.63) is 35.4 Å².